The minimum atomic E-state index is 0.192. The Bertz CT molecular complexity index is 910. The first kappa shape index (κ1) is 16.8. The Morgan fingerprint density at radius 3 is 3.08 bits per heavy atom. The lowest BCUT2D eigenvalue weighted by Gasteiger charge is -2.32. The summed E-state index contributed by atoms with van der Waals surface area (Å²) in [6, 6.07) is 4.10. The molecule has 0 aliphatic carbocycles. The Labute approximate surface area is 151 Å². The number of nitrogens with zero attached hydrogens (tertiary/aromatic N) is 4. The van der Waals surface area contributed by atoms with Gasteiger partial charge in [-0.3, -0.25) is 9.89 Å². The zero-order valence-corrected chi connectivity index (χ0v) is 15.2. The van der Waals surface area contributed by atoms with Gasteiger partial charge >= 0.3 is 0 Å². The first-order valence-electron chi connectivity index (χ1n) is 9.11. The number of H-pyrrole nitrogens is 1. The van der Waals surface area contributed by atoms with Crippen LogP contribution in [0, 0.1) is 13.8 Å². The van der Waals surface area contributed by atoms with Crippen molar-refractivity contribution in [2.24, 2.45) is 0 Å². The Morgan fingerprint density at radius 1 is 1.38 bits per heavy atom. The standard InChI is InChI=1S/C19H23N5O2/c1-12-16(13(2)26-23-12)6-8-18(25)24-9-3-4-15(11-24)17-7-5-14-10-20-22-19(14)21-17/h5,7,10,15H,3-4,6,8-9,11H2,1-2H3,(H,20,21,22). The molecule has 7 heteroatoms. The molecule has 1 fully saturated rings. The largest absolute Gasteiger partial charge is 0.361 e. The molecule has 0 aromatic carbocycles. The van der Waals surface area contributed by atoms with Gasteiger partial charge in [-0.15, -0.1) is 0 Å². The molecule has 3 aromatic heterocycles. The zero-order chi connectivity index (χ0) is 18.1. The van der Waals surface area contributed by atoms with Gasteiger partial charge in [0.2, 0.25) is 5.91 Å². The van der Waals surface area contributed by atoms with E-state index < -0.39 is 0 Å². The molecular weight excluding hydrogens is 330 g/mol. The number of pyridine rings is 1. The predicted molar refractivity (Wildman–Crippen MR) is 96.7 cm³/mol. The quantitative estimate of drug-likeness (QED) is 0.779. The van der Waals surface area contributed by atoms with E-state index in [0.717, 1.165) is 59.7 Å². The number of fused-ring (bicyclic) bond motifs is 1. The molecule has 1 unspecified atom stereocenters. The van der Waals surface area contributed by atoms with Gasteiger partial charge in [0.05, 0.1) is 11.9 Å². The maximum atomic E-state index is 12.7. The molecule has 0 spiro atoms. The number of hydrogen-bond acceptors (Lipinski definition) is 5. The topological polar surface area (TPSA) is 87.9 Å². The van der Waals surface area contributed by atoms with Crippen LogP contribution in [0.5, 0.6) is 0 Å². The number of carbonyl (C=O) groups is 1. The number of amides is 1. The molecule has 1 saturated heterocycles. The van der Waals surface area contributed by atoms with E-state index in [4.69, 9.17) is 4.52 Å². The molecule has 7 nitrogen and oxygen atoms in total. The highest BCUT2D eigenvalue weighted by Crippen LogP contribution is 2.27. The molecule has 4 heterocycles. The summed E-state index contributed by atoms with van der Waals surface area (Å²) >= 11 is 0. The minimum absolute atomic E-state index is 0.192. The molecule has 3 aromatic rings. The van der Waals surface area contributed by atoms with E-state index in [1.54, 1.807) is 6.20 Å². The van der Waals surface area contributed by atoms with Crippen LogP contribution in [0.4, 0.5) is 0 Å². The van der Waals surface area contributed by atoms with Crippen LogP contribution in [-0.2, 0) is 11.2 Å². The number of aromatic amines is 1. The molecule has 26 heavy (non-hydrogen) atoms. The van der Waals surface area contributed by atoms with Gasteiger partial charge < -0.3 is 9.42 Å². The Hall–Kier alpha value is -2.70. The first-order valence-corrected chi connectivity index (χ1v) is 9.11. The van der Waals surface area contributed by atoms with Crippen LogP contribution >= 0.6 is 0 Å². The highest BCUT2D eigenvalue weighted by molar-refractivity contribution is 5.77. The highest BCUT2D eigenvalue weighted by atomic mass is 16.5. The number of aromatic nitrogens is 4. The summed E-state index contributed by atoms with van der Waals surface area (Å²) in [5.74, 6) is 1.28. The van der Waals surface area contributed by atoms with Gasteiger partial charge in [-0.2, -0.15) is 5.10 Å². The van der Waals surface area contributed by atoms with Crippen molar-refractivity contribution >= 4 is 16.9 Å². The Kier molecular flexibility index (Phi) is 4.44. The lowest BCUT2D eigenvalue weighted by molar-refractivity contribution is -0.132. The molecule has 0 radical (unpaired) electrons. The molecule has 4 rings (SSSR count). The van der Waals surface area contributed by atoms with Crippen molar-refractivity contribution in [3.8, 4) is 0 Å². The summed E-state index contributed by atoms with van der Waals surface area (Å²) < 4.78 is 5.19. The second kappa shape index (κ2) is 6.90. The fourth-order valence-corrected chi connectivity index (χ4v) is 3.76. The summed E-state index contributed by atoms with van der Waals surface area (Å²) in [6.45, 7) is 5.37. The first-order chi connectivity index (χ1) is 12.6. The molecular formula is C19H23N5O2. The number of hydrogen-bond donors (Lipinski definition) is 1. The predicted octanol–water partition coefficient (Wildman–Crippen LogP) is 2.90. The molecule has 1 N–H and O–H groups in total. The number of carbonyl (C=O) groups excluding carboxylic acids is 1. The van der Waals surface area contributed by atoms with Crippen LogP contribution in [0.15, 0.2) is 22.9 Å². The second-order valence-corrected chi connectivity index (χ2v) is 7.03. The zero-order valence-electron chi connectivity index (χ0n) is 15.2. The lowest BCUT2D eigenvalue weighted by atomic mass is 9.93. The van der Waals surface area contributed by atoms with Gasteiger partial charge in [0.25, 0.3) is 0 Å². The van der Waals surface area contributed by atoms with E-state index in [1.165, 1.54) is 0 Å². The molecule has 1 atom stereocenters. The number of nitrogens with one attached hydrogen (secondary N) is 1. The van der Waals surface area contributed by atoms with Gasteiger partial charge in [0.1, 0.15) is 5.76 Å². The van der Waals surface area contributed by atoms with Crippen LogP contribution in [0.25, 0.3) is 11.0 Å². The second-order valence-electron chi connectivity index (χ2n) is 7.03. The van der Waals surface area contributed by atoms with E-state index in [0.29, 0.717) is 12.8 Å². The van der Waals surface area contributed by atoms with Crippen LogP contribution in [-0.4, -0.2) is 44.2 Å². The van der Waals surface area contributed by atoms with Gasteiger partial charge in [-0.25, -0.2) is 4.98 Å². The SMILES string of the molecule is Cc1noc(C)c1CCC(=O)N1CCCC(c2ccc3cn[nH]c3n2)C1. The molecule has 1 aliphatic rings. The van der Waals surface area contributed by atoms with E-state index in [9.17, 15) is 4.79 Å². The van der Waals surface area contributed by atoms with Crippen molar-refractivity contribution in [3.05, 3.63) is 41.0 Å². The van der Waals surface area contributed by atoms with Crippen molar-refractivity contribution in [2.75, 3.05) is 13.1 Å². The Balaban J connectivity index is 1.41. The summed E-state index contributed by atoms with van der Waals surface area (Å²) in [5, 5.41) is 11.9. The smallest absolute Gasteiger partial charge is 0.222 e. The molecule has 0 bridgehead atoms. The monoisotopic (exact) mass is 353 g/mol. The van der Waals surface area contributed by atoms with Crippen molar-refractivity contribution in [3.63, 3.8) is 0 Å². The average molecular weight is 353 g/mol. The molecule has 1 aliphatic heterocycles. The highest BCUT2D eigenvalue weighted by Gasteiger charge is 2.26. The van der Waals surface area contributed by atoms with Crippen LogP contribution in [0.2, 0.25) is 0 Å². The van der Waals surface area contributed by atoms with Gasteiger partial charge in [0, 0.05) is 42.1 Å². The van der Waals surface area contributed by atoms with Crippen LogP contribution in [0.3, 0.4) is 0 Å². The average Bonchev–Trinajstić information content (AvgIpc) is 3.26. The summed E-state index contributed by atoms with van der Waals surface area (Å²) in [4.78, 5) is 19.4. The fraction of sp³-hybridized carbons (Fsp3) is 0.474. The third kappa shape index (κ3) is 3.21. The van der Waals surface area contributed by atoms with E-state index in [2.05, 4.69) is 26.4 Å². The normalized spacial score (nSPS) is 17.8. The summed E-state index contributed by atoms with van der Waals surface area (Å²) in [5.41, 5.74) is 3.77. The maximum absolute atomic E-state index is 12.7. The van der Waals surface area contributed by atoms with Gasteiger partial charge in [0.15, 0.2) is 5.65 Å². The number of likely N-dealkylation sites (tertiary alicyclic amines) is 1. The molecule has 0 saturated carbocycles. The van der Waals surface area contributed by atoms with E-state index >= 15 is 0 Å². The van der Waals surface area contributed by atoms with Crippen molar-refractivity contribution in [2.45, 2.75) is 45.4 Å². The van der Waals surface area contributed by atoms with Crippen molar-refractivity contribution in [1.82, 2.24) is 25.2 Å². The van der Waals surface area contributed by atoms with Crippen molar-refractivity contribution < 1.29 is 9.32 Å². The number of piperidine rings is 1. The number of rotatable bonds is 4. The van der Waals surface area contributed by atoms with Gasteiger partial charge in [-0.05, 0) is 45.2 Å². The molecule has 1 amide bonds. The van der Waals surface area contributed by atoms with Gasteiger partial charge in [-0.1, -0.05) is 5.16 Å². The third-order valence-electron chi connectivity index (χ3n) is 5.28. The van der Waals surface area contributed by atoms with Crippen molar-refractivity contribution in [1.29, 1.82) is 0 Å². The van der Waals surface area contributed by atoms with Crippen LogP contribution < -0.4 is 0 Å². The van der Waals surface area contributed by atoms with E-state index in [-0.39, 0.29) is 11.8 Å². The van der Waals surface area contributed by atoms with E-state index in [1.807, 2.05) is 24.8 Å². The Morgan fingerprint density at radius 2 is 2.27 bits per heavy atom. The molecule has 136 valence electrons. The minimum Gasteiger partial charge on any atom is -0.361 e. The fourth-order valence-electron chi connectivity index (χ4n) is 3.76. The summed E-state index contributed by atoms with van der Waals surface area (Å²) in [6.07, 6.45) is 5.00. The lowest BCUT2D eigenvalue weighted by Crippen LogP contribution is -2.39. The number of aryl methyl sites for hydroxylation is 2. The van der Waals surface area contributed by atoms with Crippen LogP contribution in [0.1, 0.15) is 47.9 Å². The third-order valence-corrected chi connectivity index (χ3v) is 5.28. The summed E-state index contributed by atoms with van der Waals surface area (Å²) in [7, 11) is 0. The maximum Gasteiger partial charge on any atom is 0.222 e.